The monoisotopic (exact) mass is 224 g/mol. The van der Waals surface area contributed by atoms with Crippen LogP contribution in [0.2, 0.25) is 0 Å². The molecular weight excluding hydrogens is 192 g/mol. The van der Waals surface area contributed by atoms with Gasteiger partial charge in [0.25, 0.3) is 0 Å². The zero-order valence-electron chi connectivity index (χ0n) is 12.0. The van der Waals surface area contributed by atoms with Gasteiger partial charge in [0.05, 0.1) is 0 Å². The van der Waals surface area contributed by atoms with Crippen molar-refractivity contribution < 1.29 is 0 Å². The van der Waals surface area contributed by atoms with Crippen LogP contribution in [0, 0.1) is 23.7 Å². The molecule has 0 amide bonds. The minimum atomic E-state index is 0.873. The van der Waals surface area contributed by atoms with E-state index in [1.165, 1.54) is 44.9 Å². The van der Waals surface area contributed by atoms with Crippen molar-refractivity contribution in [3.63, 3.8) is 0 Å². The van der Waals surface area contributed by atoms with E-state index in [4.69, 9.17) is 0 Å². The highest BCUT2D eigenvalue weighted by Crippen LogP contribution is 2.45. The van der Waals surface area contributed by atoms with Crippen molar-refractivity contribution in [3.05, 3.63) is 0 Å². The van der Waals surface area contributed by atoms with Gasteiger partial charge in [-0.1, -0.05) is 72.6 Å². The fourth-order valence-corrected chi connectivity index (χ4v) is 2.69. The molecule has 3 unspecified atom stereocenters. The molecule has 1 rings (SSSR count). The van der Waals surface area contributed by atoms with Gasteiger partial charge < -0.3 is 0 Å². The molecule has 0 heteroatoms. The first-order chi connectivity index (χ1) is 7.65. The number of unbranched alkanes of at least 4 members (excludes halogenated alkanes) is 2. The lowest BCUT2D eigenvalue weighted by Gasteiger charge is -2.14. The maximum Gasteiger partial charge on any atom is -0.0383 e. The van der Waals surface area contributed by atoms with Crippen LogP contribution in [0.15, 0.2) is 0 Å². The Labute approximate surface area is 103 Å². The average Bonchev–Trinajstić information content (AvgIpc) is 2.99. The second-order valence-corrected chi connectivity index (χ2v) is 6.40. The molecular formula is C16H32. The maximum atomic E-state index is 2.41. The van der Waals surface area contributed by atoms with Gasteiger partial charge in [0.15, 0.2) is 0 Å². The fraction of sp³-hybridized carbons (Fsp3) is 1.00. The van der Waals surface area contributed by atoms with Crippen molar-refractivity contribution in [2.75, 3.05) is 0 Å². The van der Waals surface area contributed by atoms with Crippen LogP contribution in [-0.4, -0.2) is 0 Å². The molecule has 16 heavy (non-hydrogen) atoms. The van der Waals surface area contributed by atoms with Gasteiger partial charge in [0, 0.05) is 0 Å². The predicted molar refractivity (Wildman–Crippen MR) is 73.6 cm³/mol. The number of hydrogen-bond acceptors (Lipinski definition) is 0. The molecule has 0 heterocycles. The van der Waals surface area contributed by atoms with E-state index < -0.39 is 0 Å². The SMILES string of the molecule is CCCCC1CC1CCCCC(C)C(C)C. The molecule has 0 spiro atoms. The van der Waals surface area contributed by atoms with E-state index >= 15 is 0 Å². The molecule has 1 aliphatic rings. The topological polar surface area (TPSA) is 0 Å². The normalized spacial score (nSPS) is 26.1. The van der Waals surface area contributed by atoms with Crippen molar-refractivity contribution in [2.45, 2.75) is 79.1 Å². The third-order valence-electron chi connectivity index (χ3n) is 4.62. The average molecular weight is 224 g/mol. The first kappa shape index (κ1) is 14.1. The molecule has 1 fully saturated rings. The van der Waals surface area contributed by atoms with Gasteiger partial charge >= 0.3 is 0 Å². The highest BCUT2D eigenvalue weighted by molar-refractivity contribution is 4.85. The van der Waals surface area contributed by atoms with Crippen molar-refractivity contribution in [1.82, 2.24) is 0 Å². The zero-order chi connectivity index (χ0) is 12.0. The summed E-state index contributed by atoms with van der Waals surface area (Å²) in [6, 6.07) is 0. The molecule has 1 aliphatic carbocycles. The second-order valence-electron chi connectivity index (χ2n) is 6.40. The van der Waals surface area contributed by atoms with E-state index in [2.05, 4.69) is 27.7 Å². The Morgan fingerprint density at radius 1 is 0.938 bits per heavy atom. The summed E-state index contributed by atoms with van der Waals surface area (Å²) in [6.45, 7) is 9.43. The number of rotatable bonds is 9. The lowest BCUT2D eigenvalue weighted by Crippen LogP contribution is -2.03. The molecule has 0 aromatic carbocycles. The quantitative estimate of drug-likeness (QED) is 0.443. The summed E-state index contributed by atoms with van der Waals surface area (Å²) in [5.74, 6) is 4.05. The molecule has 0 aliphatic heterocycles. The molecule has 0 saturated heterocycles. The maximum absolute atomic E-state index is 2.41. The van der Waals surface area contributed by atoms with Gasteiger partial charge in [-0.25, -0.2) is 0 Å². The second kappa shape index (κ2) is 7.35. The van der Waals surface area contributed by atoms with Crippen LogP contribution < -0.4 is 0 Å². The lowest BCUT2D eigenvalue weighted by atomic mass is 9.92. The van der Waals surface area contributed by atoms with Crippen LogP contribution in [0.25, 0.3) is 0 Å². The van der Waals surface area contributed by atoms with Gasteiger partial charge in [-0.2, -0.15) is 0 Å². The Kier molecular flexibility index (Phi) is 6.46. The van der Waals surface area contributed by atoms with Crippen LogP contribution in [0.3, 0.4) is 0 Å². The molecule has 3 atom stereocenters. The summed E-state index contributed by atoms with van der Waals surface area (Å²) in [4.78, 5) is 0. The Hall–Kier alpha value is 0. The van der Waals surface area contributed by atoms with Gasteiger partial charge in [-0.3, -0.25) is 0 Å². The van der Waals surface area contributed by atoms with Crippen LogP contribution >= 0.6 is 0 Å². The minimum Gasteiger partial charge on any atom is -0.0654 e. The van der Waals surface area contributed by atoms with Crippen molar-refractivity contribution in [1.29, 1.82) is 0 Å². The van der Waals surface area contributed by atoms with Gasteiger partial charge in [0.1, 0.15) is 0 Å². The molecule has 0 nitrogen and oxygen atoms in total. The molecule has 1 saturated carbocycles. The van der Waals surface area contributed by atoms with E-state index in [0.717, 1.165) is 23.7 Å². The summed E-state index contributed by atoms with van der Waals surface area (Å²) in [5, 5.41) is 0. The highest BCUT2D eigenvalue weighted by Gasteiger charge is 2.34. The van der Waals surface area contributed by atoms with E-state index in [0.29, 0.717) is 0 Å². The lowest BCUT2D eigenvalue weighted by molar-refractivity contribution is 0.373. The molecule has 0 N–H and O–H groups in total. The molecule has 96 valence electrons. The molecule has 0 radical (unpaired) electrons. The highest BCUT2D eigenvalue weighted by atomic mass is 14.4. The summed E-state index contributed by atoms with van der Waals surface area (Å²) < 4.78 is 0. The fourth-order valence-electron chi connectivity index (χ4n) is 2.69. The van der Waals surface area contributed by atoms with Crippen LogP contribution in [-0.2, 0) is 0 Å². The Morgan fingerprint density at radius 3 is 2.12 bits per heavy atom. The summed E-state index contributed by atoms with van der Waals surface area (Å²) in [7, 11) is 0. The standard InChI is InChI=1S/C16H32/c1-5-6-10-15-12-16(15)11-8-7-9-14(4)13(2)3/h13-16H,5-12H2,1-4H3. The van der Waals surface area contributed by atoms with Gasteiger partial charge in [-0.05, 0) is 30.1 Å². The molecule has 0 bridgehead atoms. The van der Waals surface area contributed by atoms with Crippen molar-refractivity contribution in [2.24, 2.45) is 23.7 Å². The van der Waals surface area contributed by atoms with Crippen molar-refractivity contribution >= 4 is 0 Å². The van der Waals surface area contributed by atoms with Gasteiger partial charge in [-0.15, -0.1) is 0 Å². The summed E-state index contributed by atoms with van der Waals surface area (Å²) in [6.07, 6.45) is 11.9. The summed E-state index contributed by atoms with van der Waals surface area (Å²) in [5.41, 5.74) is 0. The van der Waals surface area contributed by atoms with Crippen LogP contribution in [0.1, 0.15) is 79.1 Å². The van der Waals surface area contributed by atoms with Gasteiger partial charge in [0.2, 0.25) is 0 Å². The van der Waals surface area contributed by atoms with E-state index in [9.17, 15) is 0 Å². The largest absolute Gasteiger partial charge is 0.0654 e. The Bertz CT molecular complexity index is 171. The van der Waals surface area contributed by atoms with E-state index in [1.54, 1.807) is 6.42 Å². The predicted octanol–water partition coefficient (Wildman–Crippen LogP) is 5.67. The number of hydrogen-bond donors (Lipinski definition) is 0. The van der Waals surface area contributed by atoms with Crippen LogP contribution in [0.5, 0.6) is 0 Å². The Balaban J connectivity index is 1.90. The minimum absolute atomic E-state index is 0.873. The summed E-state index contributed by atoms with van der Waals surface area (Å²) >= 11 is 0. The van der Waals surface area contributed by atoms with Crippen molar-refractivity contribution in [3.8, 4) is 0 Å². The first-order valence-corrected chi connectivity index (χ1v) is 7.65. The molecule has 0 aromatic rings. The first-order valence-electron chi connectivity index (χ1n) is 7.65. The van der Waals surface area contributed by atoms with Crippen LogP contribution in [0.4, 0.5) is 0 Å². The zero-order valence-corrected chi connectivity index (χ0v) is 12.0. The Morgan fingerprint density at radius 2 is 1.56 bits per heavy atom. The van der Waals surface area contributed by atoms with E-state index in [-0.39, 0.29) is 0 Å². The molecule has 0 aromatic heterocycles. The van der Waals surface area contributed by atoms with E-state index in [1.807, 2.05) is 0 Å². The third kappa shape index (κ3) is 5.37. The smallest absolute Gasteiger partial charge is 0.0383 e. The third-order valence-corrected chi connectivity index (χ3v) is 4.62.